The molecule has 2 aliphatic rings. The Labute approximate surface area is 121 Å². The van der Waals surface area contributed by atoms with Gasteiger partial charge in [-0.1, -0.05) is 0 Å². The predicted octanol–water partition coefficient (Wildman–Crippen LogP) is 2.16. The summed E-state index contributed by atoms with van der Waals surface area (Å²) in [7, 11) is 0. The van der Waals surface area contributed by atoms with Crippen LogP contribution in [0.5, 0.6) is 0 Å². The van der Waals surface area contributed by atoms with Gasteiger partial charge in [0.15, 0.2) is 6.23 Å². The molecule has 1 atom stereocenters. The standard InChI is InChI=1S/C14H18N2O3S/c1-2-19-11(17)7-16-8-15-13-12(14(16)18)9-5-3-4-6-10(9)20-13/h8,14,18H,2-7H2,1H3. The largest absolute Gasteiger partial charge is 0.465 e. The summed E-state index contributed by atoms with van der Waals surface area (Å²) in [6.45, 7) is 2.15. The van der Waals surface area contributed by atoms with Crippen LogP contribution in [0.1, 0.15) is 42.0 Å². The summed E-state index contributed by atoms with van der Waals surface area (Å²) in [6.07, 6.45) is 5.20. The van der Waals surface area contributed by atoms with Crippen molar-refractivity contribution in [1.29, 1.82) is 0 Å². The Morgan fingerprint density at radius 1 is 1.55 bits per heavy atom. The Bertz CT molecular complexity index is 553. The van der Waals surface area contributed by atoms with E-state index >= 15 is 0 Å². The van der Waals surface area contributed by atoms with Crippen molar-refractivity contribution in [2.24, 2.45) is 4.99 Å². The van der Waals surface area contributed by atoms with E-state index < -0.39 is 6.23 Å². The molecule has 0 fully saturated rings. The number of aliphatic hydroxyl groups excluding tert-OH is 1. The molecule has 0 saturated carbocycles. The number of ether oxygens (including phenoxy) is 1. The van der Waals surface area contributed by atoms with Crippen LogP contribution in [0.4, 0.5) is 5.00 Å². The average molecular weight is 294 g/mol. The molecule has 6 heteroatoms. The van der Waals surface area contributed by atoms with Gasteiger partial charge >= 0.3 is 5.97 Å². The van der Waals surface area contributed by atoms with Crippen molar-refractivity contribution >= 4 is 28.6 Å². The van der Waals surface area contributed by atoms with Gasteiger partial charge in [0.25, 0.3) is 0 Å². The topological polar surface area (TPSA) is 62.1 Å². The molecule has 108 valence electrons. The maximum absolute atomic E-state index is 11.6. The molecule has 1 aromatic rings. The molecule has 0 radical (unpaired) electrons. The number of aliphatic imine (C=N–C) groups is 1. The Balaban J connectivity index is 1.84. The molecule has 0 amide bonds. The third-order valence-corrected chi connectivity index (χ3v) is 4.92. The highest BCUT2D eigenvalue weighted by Gasteiger charge is 2.31. The van der Waals surface area contributed by atoms with Crippen molar-refractivity contribution in [1.82, 2.24) is 4.90 Å². The minimum atomic E-state index is -0.787. The summed E-state index contributed by atoms with van der Waals surface area (Å²) in [6, 6.07) is 0. The summed E-state index contributed by atoms with van der Waals surface area (Å²) in [5, 5.41) is 11.4. The van der Waals surface area contributed by atoms with E-state index in [9.17, 15) is 9.90 Å². The third-order valence-electron chi connectivity index (χ3n) is 3.71. The lowest BCUT2D eigenvalue weighted by atomic mass is 9.94. The Hall–Kier alpha value is -1.40. The van der Waals surface area contributed by atoms with Gasteiger partial charge in [-0.15, -0.1) is 11.3 Å². The van der Waals surface area contributed by atoms with E-state index in [1.807, 2.05) is 0 Å². The second kappa shape index (κ2) is 5.54. The van der Waals surface area contributed by atoms with E-state index in [0.29, 0.717) is 6.61 Å². The lowest BCUT2D eigenvalue weighted by Gasteiger charge is -2.29. The van der Waals surface area contributed by atoms with Crippen LogP contribution < -0.4 is 0 Å². The van der Waals surface area contributed by atoms with Crippen molar-refractivity contribution < 1.29 is 14.6 Å². The number of nitrogens with zero attached hydrogens (tertiary/aromatic N) is 2. The molecule has 1 aromatic heterocycles. The zero-order chi connectivity index (χ0) is 14.1. The van der Waals surface area contributed by atoms with Crippen LogP contribution >= 0.6 is 11.3 Å². The van der Waals surface area contributed by atoms with Crippen molar-refractivity contribution in [3.8, 4) is 0 Å². The number of carbonyl (C=O) groups is 1. The molecule has 0 spiro atoms. The van der Waals surface area contributed by atoms with Gasteiger partial charge in [-0.05, 0) is 38.2 Å². The average Bonchev–Trinajstić information content (AvgIpc) is 2.81. The predicted molar refractivity (Wildman–Crippen MR) is 77.4 cm³/mol. The lowest BCUT2D eigenvalue weighted by molar-refractivity contribution is -0.145. The van der Waals surface area contributed by atoms with Crippen LogP contribution in [0.3, 0.4) is 0 Å². The zero-order valence-electron chi connectivity index (χ0n) is 11.5. The van der Waals surface area contributed by atoms with Crippen molar-refractivity contribution in [2.75, 3.05) is 13.2 Å². The molecule has 1 N–H and O–H groups in total. The molecule has 0 saturated heterocycles. The fourth-order valence-corrected chi connectivity index (χ4v) is 4.03. The van der Waals surface area contributed by atoms with Crippen LogP contribution in [-0.2, 0) is 22.4 Å². The first-order chi connectivity index (χ1) is 9.70. The maximum atomic E-state index is 11.6. The third kappa shape index (κ3) is 2.33. The Morgan fingerprint density at radius 2 is 2.35 bits per heavy atom. The van der Waals surface area contributed by atoms with E-state index in [0.717, 1.165) is 29.8 Å². The minimum Gasteiger partial charge on any atom is -0.465 e. The highest BCUT2D eigenvalue weighted by Crippen LogP contribution is 2.45. The first-order valence-electron chi connectivity index (χ1n) is 6.98. The fraction of sp³-hybridized carbons (Fsp3) is 0.571. The van der Waals surface area contributed by atoms with Gasteiger partial charge in [-0.2, -0.15) is 0 Å². The van der Waals surface area contributed by atoms with Crippen molar-refractivity contribution in [3.63, 3.8) is 0 Å². The zero-order valence-corrected chi connectivity index (χ0v) is 12.3. The Morgan fingerprint density at radius 3 is 3.15 bits per heavy atom. The Kier molecular flexibility index (Phi) is 3.76. The number of carbonyl (C=O) groups excluding carboxylic acids is 1. The molecule has 1 unspecified atom stereocenters. The number of hydrogen-bond acceptors (Lipinski definition) is 6. The van der Waals surface area contributed by atoms with Crippen molar-refractivity contribution in [2.45, 2.75) is 38.8 Å². The van der Waals surface area contributed by atoms with Gasteiger partial charge in [0.05, 0.1) is 12.9 Å². The van der Waals surface area contributed by atoms with Crippen LogP contribution in [0.2, 0.25) is 0 Å². The van der Waals surface area contributed by atoms with Gasteiger partial charge in [-0.25, -0.2) is 4.99 Å². The van der Waals surface area contributed by atoms with E-state index in [4.69, 9.17) is 4.74 Å². The first kappa shape index (κ1) is 13.6. The molecule has 3 rings (SSSR count). The van der Waals surface area contributed by atoms with Gasteiger partial charge in [0.2, 0.25) is 0 Å². The van der Waals surface area contributed by atoms with Crippen molar-refractivity contribution in [3.05, 3.63) is 16.0 Å². The molecule has 0 bridgehead atoms. The van der Waals surface area contributed by atoms with Gasteiger partial charge in [0.1, 0.15) is 11.5 Å². The minimum absolute atomic E-state index is 0.0303. The van der Waals surface area contributed by atoms with Crippen LogP contribution in [0.15, 0.2) is 4.99 Å². The van der Waals surface area contributed by atoms with E-state index in [1.54, 1.807) is 29.5 Å². The SMILES string of the molecule is CCOC(=O)CN1C=Nc2sc3c(c2C1O)CCCC3. The van der Waals surface area contributed by atoms with Gasteiger partial charge < -0.3 is 14.7 Å². The molecule has 0 aromatic carbocycles. The number of aryl methyl sites for hydroxylation is 1. The smallest absolute Gasteiger partial charge is 0.325 e. The van der Waals surface area contributed by atoms with Gasteiger partial charge in [-0.3, -0.25) is 4.79 Å². The number of fused-ring (bicyclic) bond motifs is 3. The maximum Gasteiger partial charge on any atom is 0.325 e. The highest BCUT2D eigenvalue weighted by atomic mass is 32.1. The number of esters is 1. The summed E-state index contributed by atoms with van der Waals surface area (Å²) in [4.78, 5) is 18.8. The lowest BCUT2D eigenvalue weighted by Crippen LogP contribution is -2.35. The molecular weight excluding hydrogens is 276 g/mol. The highest BCUT2D eigenvalue weighted by molar-refractivity contribution is 7.16. The normalized spacial score (nSPS) is 20.5. The summed E-state index contributed by atoms with van der Waals surface area (Å²) in [5.41, 5.74) is 2.14. The summed E-state index contributed by atoms with van der Waals surface area (Å²) < 4.78 is 4.92. The first-order valence-corrected chi connectivity index (χ1v) is 7.80. The monoisotopic (exact) mass is 294 g/mol. The van der Waals surface area contributed by atoms with E-state index in [2.05, 4.69) is 4.99 Å². The molecule has 1 aliphatic carbocycles. The van der Waals surface area contributed by atoms with Crippen LogP contribution in [0.25, 0.3) is 0 Å². The quantitative estimate of drug-likeness (QED) is 0.868. The van der Waals surface area contributed by atoms with Gasteiger partial charge in [0, 0.05) is 10.4 Å². The second-order valence-electron chi connectivity index (χ2n) is 5.03. The van der Waals surface area contributed by atoms with Crippen LogP contribution in [-0.4, -0.2) is 35.5 Å². The molecular formula is C14H18N2O3S. The fourth-order valence-electron chi connectivity index (χ4n) is 2.78. The summed E-state index contributed by atoms with van der Waals surface area (Å²) >= 11 is 1.67. The number of aliphatic hydroxyl groups is 1. The number of thiophene rings is 1. The molecule has 5 nitrogen and oxygen atoms in total. The number of rotatable bonds is 3. The van der Waals surface area contributed by atoms with E-state index in [-0.39, 0.29) is 12.5 Å². The number of hydrogen-bond donors (Lipinski definition) is 1. The molecule has 2 heterocycles. The van der Waals surface area contributed by atoms with E-state index in [1.165, 1.54) is 16.9 Å². The van der Waals surface area contributed by atoms with Crippen LogP contribution in [0, 0.1) is 0 Å². The second-order valence-corrected chi connectivity index (χ2v) is 6.11. The molecule has 20 heavy (non-hydrogen) atoms. The molecule has 1 aliphatic heterocycles. The summed E-state index contributed by atoms with van der Waals surface area (Å²) in [5.74, 6) is -0.342.